The van der Waals surface area contributed by atoms with Crippen molar-refractivity contribution in [3.63, 3.8) is 0 Å². The van der Waals surface area contributed by atoms with Crippen LogP contribution in [0.5, 0.6) is 0 Å². The van der Waals surface area contributed by atoms with Gasteiger partial charge in [-0.05, 0) is 33.3 Å². The number of rotatable bonds is 3. The first-order valence-corrected chi connectivity index (χ1v) is 7.31. The molecule has 2 rings (SSSR count). The van der Waals surface area contributed by atoms with E-state index in [0.717, 1.165) is 18.7 Å². The lowest BCUT2D eigenvalue weighted by atomic mass is 10.0. The molecule has 1 aliphatic rings. The SMILES string of the molecule is CC(C)=CCN1C[C@H](C)Nc2c(cccc2[N+](=O)[O-])[C@@H]1C. The summed E-state index contributed by atoms with van der Waals surface area (Å²) in [6.07, 6.45) is 2.20. The number of allylic oxidation sites excluding steroid dienone is 1. The average Bonchev–Trinajstić information content (AvgIpc) is 2.53. The van der Waals surface area contributed by atoms with Gasteiger partial charge in [-0.1, -0.05) is 23.8 Å². The number of nitrogens with zero attached hydrogens (tertiary/aromatic N) is 2. The van der Waals surface area contributed by atoms with Gasteiger partial charge in [0.05, 0.1) is 4.92 Å². The van der Waals surface area contributed by atoms with Crippen molar-refractivity contribution in [1.29, 1.82) is 0 Å². The van der Waals surface area contributed by atoms with E-state index in [1.807, 2.05) is 6.07 Å². The standard InChI is InChI=1S/C16H23N3O2/c1-11(2)8-9-18-10-12(3)17-16-14(13(18)4)6-5-7-15(16)19(20)21/h5-8,12-13,17H,9-10H2,1-4H3/t12-,13-/m0/s1. The summed E-state index contributed by atoms with van der Waals surface area (Å²) in [6.45, 7) is 10.1. The number of fused-ring (bicyclic) bond motifs is 1. The molecule has 1 aromatic carbocycles. The van der Waals surface area contributed by atoms with Crippen molar-refractivity contribution in [2.24, 2.45) is 0 Å². The fourth-order valence-corrected chi connectivity index (χ4v) is 2.75. The van der Waals surface area contributed by atoms with Crippen LogP contribution in [0.3, 0.4) is 0 Å². The second-order valence-corrected chi connectivity index (χ2v) is 5.96. The quantitative estimate of drug-likeness (QED) is 0.523. The first-order chi connectivity index (χ1) is 9.90. The number of nitro benzene ring substituents is 1. The van der Waals surface area contributed by atoms with Gasteiger partial charge in [-0.2, -0.15) is 0 Å². The van der Waals surface area contributed by atoms with E-state index in [-0.39, 0.29) is 22.7 Å². The number of hydrogen-bond acceptors (Lipinski definition) is 4. The zero-order valence-corrected chi connectivity index (χ0v) is 13.1. The average molecular weight is 289 g/mol. The summed E-state index contributed by atoms with van der Waals surface area (Å²) >= 11 is 0. The van der Waals surface area contributed by atoms with E-state index in [1.165, 1.54) is 5.57 Å². The molecule has 0 saturated carbocycles. The Morgan fingerprint density at radius 3 is 2.81 bits per heavy atom. The first kappa shape index (κ1) is 15.5. The Labute approximate surface area is 125 Å². The fraction of sp³-hybridized carbons (Fsp3) is 0.500. The van der Waals surface area contributed by atoms with E-state index in [4.69, 9.17) is 0 Å². The highest BCUT2D eigenvalue weighted by Gasteiger charge is 2.29. The molecule has 21 heavy (non-hydrogen) atoms. The monoisotopic (exact) mass is 289 g/mol. The normalized spacial score (nSPS) is 21.9. The molecule has 0 unspecified atom stereocenters. The lowest BCUT2D eigenvalue weighted by molar-refractivity contribution is -0.384. The Morgan fingerprint density at radius 2 is 2.19 bits per heavy atom. The molecule has 114 valence electrons. The lowest BCUT2D eigenvalue weighted by Crippen LogP contribution is -2.34. The molecule has 1 N–H and O–H groups in total. The van der Waals surface area contributed by atoms with Crippen LogP contribution in [-0.2, 0) is 0 Å². The number of para-hydroxylation sites is 1. The van der Waals surface area contributed by atoms with Gasteiger partial charge in [-0.15, -0.1) is 0 Å². The maximum Gasteiger partial charge on any atom is 0.292 e. The third-order valence-corrected chi connectivity index (χ3v) is 3.90. The summed E-state index contributed by atoms with van der Waals surface area (Å²) in [5.74, 6) is 0. The molecular weight excluding hydrogens is 266 g/mol. The van der Waals surface area contributed by atoms with Crippen LogP contribution in [0.1, 0.15) is 39.3 Å². The molecule has 1 aromatic rings. The van der Waals surface area contributed by atoms with Gasteiger partial charge in [0.25, 0.3) is 5.69 Å². The van der Waals surface area contributed by atoms with E-state index in [1.54, 1.807) is 12.1 Å². The van der Waals surface area contributed by atoms with E-state index >= 15 is 0 Å². The summed E-state index contributed by atoms with van der Waals surface area (Å²) in [4.78, 5) is 13.3. The highest BCUT2D eigenvalue weighted by Crippen LogP contribution is 2.37. The maximum atomic E-state index is 11.2. The molecule has 0 fully saturated rings. The van der Waals surface area contributed by atoms with E-state index in [2.05, 4.69) is 44.0 Å². The summed E-state index contributed by atoms with van der Waals surface area (Å²) in [6, 6.07) is 5.63. The smallest absolute Gasteiger partial charge is 0.292 e. The van der Waals surface area contributed by atoms with Crippen molar-refractivity contribution < 1.29 is 4.92 Å². The minimum atomic E-state index is -0.309. The Hall–Kier alpha value is -1.88. The largest absolute Gasteiger partial charge is 0.375 e. The van der Waals surface area contributed by atoms with Gasteiger partial charge < -0.3 is 5.32 Å². The number of hydrogen-bond donors (Lipinski definition) is 1. The Morgan fingerprint density at radius 1 is 1.48 bits per heavy atom. The van der Waals surface area contributed by atoms with Crippen LogP contribution in [0.2, 0.25) is 0 Å². The third kappa shape index (κ3) is 3.42. The van der Waals surface area contributed by atoms with E-state index in [0.29, 0.717) is 5.69 Å². The predicted molar refractivity (Wildman–Crippen MR) is 85.6 cm³/mol. The minimum absolute atomic E-state index is 0.146. The first-order valence-electron chi connectivity index (χ1n) is 7.31. The summed E-state index contributed by atoms with van der Waals surface area (Å²) in [7, 11) is 0. The summed E-state index contributed by atoms with van der Waals surface area (Å²) in [5.41, 5.74) is 3.11. The number of nitrogens with one attached hydrogen (secondary N) is 1. The van der Waals surface area contributed by atoms with Crippen LogP contribution in [0.4, 0.5) is 11.4 Å². The highest BCUT2D eigenvalue weighted by molar-refractivity contribution is 5.68. The molecule has 0 spiro atoms. The fourth-order valence-electron chi connectivity index (χ4n) is 2.75. The molecule has 5 nitrogen and oxygen atoms in total. The molecule has 5 heteroatoms. The van der Waals surface area contributed by atoms with Gasteiger partial charge >= 0.3 is 0 Å². The Balaban J connectivity index is 2.42. The maximum absolute atomic E-state index is 11.2. The van der Waals surface area contributed by atoms with Crippen LogP contribution in [0, 0.1) is 10.1 Å². The molecular formula is C16H23N3O2. The van der Waals surface area contributed by atoms with Crippen LogP contribution < -0.4 is 5.32 Å². The van der Waals surface area contributed by atoms with Gasteiger partial charge in [-0.3, -0.25) is 15.0 Å². The van der Waals surface area contributed by atoms with Crippen LogP contribution in [-0.4, -0.2) is 29.0 Å². The van der Waals surface area contributed by atoms with Gasteiger partial charge in [-0.25, -0.2) is 0 Å². The van der Waals surface area contributed by atoms with Crippen LogP contribution in [0.25, 0.3) is 0 Å². The second-order valence-electron chi connectivity index (χ2n) is 5.96. The molecule has 2 atom stereocenters. The van der Waals surface area contributed by atoms with E-state index < -0.39 is 0 Å². The van der Waals surface area contributed by atoms with Crippen LogP contribution in [0.15, 0.2) is 29.8 Å². The Kier molecular flexibility index (Phi) is 4.63. The zero-order chi connectivity index (χ0) is 15.6. The van der Waals surface area contributed by atoms with Crippen molar-refractivity contribution >= 4 is 11.4 Å². The van der Waals surface area contributed by atoms with Gasteiger partial charge in [0.1, 0.15) is 5.69 Å². The molecule has 0 aliphatic carbocycles. The van der Waals surface area contributed by atoms with Crippen molar-refractivity contribution in [2.75, 3.05) is 18.4 Å². The molecule has 0 saturated heterocycles. The van der Waals surface area contributed by atoms with Gasteiger partial charge in [0.15, 0.2) is 0 Å². The minimum Gasteiger partial charge on any atom is -0.375 e. The zero-order valence-electron chi connectivity index (χ0n) is 13.1. The van der Waals surface area contributed by atoms with Gasteiger partial charge in [0.2, 0.25) is 0 Å². The molecule has 0 radical (unpaired) electrons. The molecule has 1 heterocycles. The molecule has 0 bridgehead atoms. The summed E-state index contributed by atoms with van der Waals surface area (Å²) in [5, 5.41) is 14.6. The number of nitro groups is 1. The lowest BCUT2D eigenvalue weighted by Gasteiger charge is -2.27. The second kappa shape index (κ2) is 6.26. The molecule has 0 amide bonds. The third-order valence-electron chi connectivity index (χ3n) is 3.90. The van der Waals surface area contributed by atoms with Crippen molar-refractivity contribution in [3.05, 3.63) is 45.5 Å². The van der Waals surface area contributed by atoms with Crippen molar-refractivity contribution in [2.45, 2.75) is 39.8 Å². The Bertz CT molecular complexity index is 565. The van der Waals surface area contributed by atoms with Crippen molar-refractivity contribution in [3.8, 4) is 0 Å². The number of anilines is 1. The number of benzene rings is 1. The van der Waals surface area contributed by atoms with Crippen LogP contribution >= 0.6 is 0 Å². The predicted octanol–water partition coefficient (Wildman–Crippen LogP) is 3.74. The highest BCUT2D eigenvalue weighted by atomic mass is 16.6. The van der Waals surface area contributed by atoms with Gasteiger partial charge in [0, 0.05) is 31.2 Å². The molecule has 1 aliphatic heterocycles. The topological polar surface area (TPSA) is 58.4 Å². The molecule has 0 aromatic heterocycles. The van der Waals surface area contributed by atoms with Crippen molar-refractivity contribution in [1.82, 2.24) is 4.90 Å². The summed E-state index contributed by atoms with van der Waals surface area (Å²) < 4.78 is 0. The van der Waals surface area contributed by atoms with E-state index in [9.17, 15) is 10.1 Å².